The number of ether oxygens (including phenoxy) is 2. The normalized spacial score (nSPS) is 11.2. The van der Waals surface area contributed by atoms with E-state index in [0.717, 1.165) is 16.2 Å². The van der Waals surface area contributed by atoms with Crippen LogP contribution in [0.4, 0.5) is 0 Å². The van der Waals surface area contributed by atoms with Gasteiger partial charge in [-0.25, -0.2) is 5.43 Å². The number of hydrazone groups is 1. The van der Waals surface area contributed by atoms with Gasteiger partial charge in [0.1, 0.15) is 0 Å². The van der Waals surface area contributed by atoms with E-state index in [4.69, 9.17) is 9.47 Å². The summed E-state index contributed by atoms with van der Waals surface area (Å²) in [5.41, 5.74) is 5.57. The largest absolute Gasteiger partial charge is 0.493 e. The molecule has 0 bridgehead atoms. The average Bonchev–Trinajstić information content (AvgIpc) is 2.69. The number of hydrogen-bond acceptors (Lipinski definition) is 5. The molecule has 2 aromatic carbocycles. The molecule has 0 atom stereocenters. The molecule has 0 aliphatic carbocycles. The molecule has 1 amide bonds. The van der Waals surface area contributed by atoms with Crippen molar-refractivity contribution in [1.29, 1.82) is 0 Å². The van der Waals surface area contributed by atoms with Crippen molar-refractivity contribution in [2.75, 3.05) is 20.0 Å². The van der Waals surface area contributed by atoms with Crippen molar-refractivity contribution < 1.29 is 14.3 Å². The van der Waals surface area contributed by atoms with Crippen LogP contribution >= 0.6 is 11.8 Å². The van der Waals surface area contributed by atoms with Crippen LogP contribution in [0.15, 0.2) is 52.5 Å². The van der Waals surface area contributed by atoms with Crippen molar-refractivity contribution in [3.8, 4) is 11.5 Å². The van der Waals surface area contributed by atoms with Crippen LogP contribution in [-0.4, -0.2) is 31.6 Å². The predicted octanol–water partition coefficient (Wildman–Crippen LogP) is 4.42. The van der Waals surface area contributed by atoms with E-state index in [-0.39, 0.29) is 5.91 Å². The van der Waals surface area contributed by atoms with Crippen LogP contribution in [0.3, 0.4) is 0 Å². The quantitative estimate of drug-likeness (QED) is 0.394. The Bertz CT molecular complexity index is 789. The summed E-state index contributed by atoms with van der Waals surface area (Å²) >= 11 is 1.66. The van der Waals surface area contributed by atoms with Crippen molar-refractivity contribution in [3.63, 3.8) is 0 Å². The maximum atomic E-state index is 12.1. The topological polar surface area (TPSA) is 59.9 Å². The van der Waals surface area contributed by atoms with Gasteiger partial charge < -0.3 is 9.47 Å². The first-order chi connectivity index (χ1) is 13.1. The highest BCUT2D eigenvalue weighted by molar-refractivity contribution is 7.99. The van der Waals surface area contributed by atoms with Crippen LogP contribution in [0, 0.1) is 6.92 Å². The molecule has 0 fully saturated rings. The Labute approximate surface area is 165 Å². The Hall–Kier alpha value is -2.47. The molecule has 6 heteroatoms. The van der Waals surface area contributed by atoms with E-state index in [0.29, 0.717) is 30.1 Å². The molecule has 0 aromatic heterocycles. The molecule has 0 heterocycles. The van der Waals surface area contributed by atoms with E-state index in [2.05, 4.69) is 41.7 Å². The second-order valence-corrected chi connectivity index (χ2v) is 7.10. The van der Waals surface area contributed by atoms with Crippen molar-refractivity contribution in [3.05, 3.63) is 53.6 Å². The number of methoxy groups -OCH3 is 2. The van der Waals surface area contributed by atoms with Crippen LogP contribution < -0.4 is 14.9 Å². The van der Waals surface area contributed by atoms with Crippen molar-refractivity contribution in [2.24, 2.45) is 5.10 Å². The Balaban J connectivity index is 1.91. The summed E-state index contributed by atoms with van der Waals surface area (Å²) in [4.78, 5) is 13.2. The van der Waals surface area contributed by atoms with Gasteiger partial charge >= 0.3 is 0 Å². The highest BCUT2D eigenvalue weighted by Gasteiger charge is 2.09. The van der Waals surface area contributed by atoms with Gasteiger partial charge in [-0.3, -0.25) is 4.79 Å². The lowest BCUT2D eigenvalue weighted by molar-refractivity contribution is -0.120. The summed E-state index contributed by atoms with van der Waals surface area (Å²) in [6, 6.07) is 13.9. The van der Waals surface area contributed by atoms with Crippen molar-refractivity contribution >= 4 is 23.4 Å². The summed E-state index contributed by atoms with van der Waals surface area (Å²) < 4.78 is 10.6. The first-order valence-corrected chi connectivity index (χ1v) is 9.83. The minimum Gasteiger partial charge on any atom is -0.493 e. The van der Waals surface area contributed by atoms with Crippen LogP contribution in [0.2, 0.25) is 0 Å². The number of hydrogen-bond donors (Lipinski definition) is 1. The number of aryl methyl sites for hydroxylation is 1. The molecule has 1 N–H and O–H groups in total. The van der Waals surface area contributed by atoms with Gasteiger partial charge in [0.05, 0.1) is 19.9 Å². The lowest BCUT2D eigenvalue weighted by Gasteiger charge is -2.10. The van der Waals surface area contributed by atoms with Gasteiger partial charge in [-0.1, -0.05) is 24.6 Å². The number of benzene rings is 2. The zero-order chi connectivity index (χ0) is 19.6. The number of carbonyl (C=O) groups excluding carboxylic acids is 1. The van der Waals surface area contributed by atoms with Gasteiger partial charge in [0.2, 0.25) is 5.91 Å². The van der Waals surface area contributed by atoms with Gasteiger partial charge in [0.25, 0.3) is 0 Å². The molecule has 2 rings (SSSR count). The fourth-order valence-corrected chi connectivity index (χ4v) is 3.30. The molecule has 27 heavy (non-hydrogen) atoms. The van der Waals surface area contributed by atoms with Crippen LogP contribution in [0.5, 0.6) is 11.5 Å². The predicted molar refractivity (Wildman–Crippen MR) is 111 cm³/mol. The smallest absolute Gasteiger partial charge is 0.240 e. The monoisotopic (exact) mass is 386 g/mol. The molecule has 0 aliphatic heterocycles. The third kappa shape index (κ3) is 6.32. The van der Waals surface area contributed by atoms with Gasteiger partial charge in [0, 0.05) is 22.6 Å². The molecule has 144 valence electrons. The first-order valence-electron chi connectivity index (χ1n) is 8.84. The summed E-state index contributed by atoms with van der Waals surface area (Å²) in [5.74, 6) is 1.91. The molecule has 0 radical (unpaired) electrons. The van der Waals surface area contributed by atoms with Crippen LogP contribution in [0.25, 0.3) is 0 Å². The Morgan fingerprint density at radius 2 is 1.78 bits per heavy atom. The average molecular weight is 387 g/mol. The zero-order valence-corrected chi connectivity index (χ0v) is 17.1. The summed E-state index contributed by atoms with van der Waals surface area (Å²) in [6.07, 6.45) is 1.10. The highest BCUT2D eigenvalue weighted by Crippen LogP contribution is 2.28. The van der Waals surface area contributed by atoms with Gasteiger partial charge in [0.15, 0.2) is 11.5 Å². The van der Waals surface area contributed by atoms with E-state index in [1.807, 2.05) is 25.1 Å². The van der Waals surface area contributed by atoms with Gasteiger partial charge in [-0.2, -0.15) is 5.10 Å². The lowest BCUT2D eigenvalue weighted by atomic mass is 10.1. The minimum atomic E-state index is -0.0963. The van der Waals surface area contributed by atoms with Crippen LogP contribution in [-0.2, 0) is 4.79 Å². The maximum absolute atomic E-state index is 12.1. The van der Waals surface area contributed by atoms with Gasteiger partial charge in [-0.15, -0.1) is 11.8 Å². The fraction of sp³-hybridized carbons (Fsp3) is 0.333. The third-order valence-electron chi connectivity index (χ3n) is 3.99. The van der Waals surface area contributed by atoms with Crippen molar-refractivity contribution in [2.45, 2.75) is 31.6 Å². The zero-order valence-electron chi connectivity index (χ0n) is 16.2. The fourth-order valence-electron chi connectivity index (χ4n) is 2.45. The number of thioether (sulfide) groups is 1. The Kier molecular flexibility index (Phi) is 8.20. The summed E-state index contributed by atoms with van der Waals surface area (Å²) in [6.45, 7) is 4.05. The second-order valence-electron chi connectivity index (χ2n) is 5.93. The van der Waals surface area contributed by atoms with E-state index < -0.39 is 0 Å². The van der Waals surface area contributed by atoms with E-state index in [9.17, 15) is 4.79 Å². The molecule has 0 saturated heterocycles. The first kappa shape index (κ1) is 20.8. The number of rotatable bonds is 9. The lowest BCUT2D eigenvalue weighted by Crippen LogP contribution is -2.20. The molecule has 5 nitrogen and oxygen atoms in total. The molecule has 0 spiro atoms. The number of nitrogens with one attached hydrogen (secondary N) is 1. The molecule has 0 unspecified atom stereocenters. The summed E-state index contributed by atoms with van der Waals surface area (Å²) in [7, 11) is 3.19. The number of carbonyl (C=O) groups is 1. The summed E-state index contributed by atoms with van der Waals surface area (Å²) in [5, 5.41) is 4.29. The number of amides is 1. The standard InChI is InChI=1S/C21H26N2O3S/c1-5-18(16-8-11-19(25-3)20(14-16)26-4)22-23-21(24)12-13-27-17-9-6-15(2)7-10-17/h6-11,14H,5,12-13H2,1-4H3,(H,23,24)/b22-18-. The Morgan fingerprint density at radius 1 is 1.07 bits per heavy atom. The molecule has 0 saturated carbocycles. The molecule has 2 aromatic rings. The molecule has 0 aliphatic rings. The molecular weight excluding hydrogens is 360 g/mol. The highest BCUT2D eigenvalue weighted by atomic mass is 32.2. The maximum Gasteiger partial charge on any atom is 0.240 e. The van der Waals surface area contributed by atoms with E-state index in [1.54, 1.807) is 26.0 Å². The van der Waals surface area contributed by atoms with Crippen molar-refractivity contribution in [1.82, 2.24) is 5.43 Å². The SMILES string of the molecule is CC/C(=N/NC(=O)CCSc1ccc(C)cc1)c1ccc(OC)c(OC)c1. The van der Waals surface area contributed by atoms with Crippen LogP contribution in [0.1, 0.15) is 30.9 Å². The third-order valence-corrected chi connectivity index (χ3v) is 5.00. The van der Waals surface area contributed by atoms with E-state index in [1.165, 1.54) is 5.56 Å². The molecular formula is C21H26N2O3S. The second kappa shape index (κ2) is 10.6. The van der Waals surface area contributed by atoms with Gasteiger partial charge in [-0.05, 0) is 43.7 Å². The minimum absolute atomic E-state index is 0.0963. The van der Waals surface area contributed by atoms with E-state index >= 15 is 0 Å². The Morgan fingerprint density at radius 3 is 2.41 bits per heavy atom. The number of nitrogens with zero attached hydrogens (tertiary/aromatic N) is 1.